The molecule has 1 amide bonds. The second kappa shape index (κ2) is 8.14. The highest BCUT2D eigenvalue weighted by molar-refractivity contribution is 6.05. The van der Waals surface area contributed by atoms with Crippen LogP contribution in [0.15, 0.2) is 36.5 Å². The van der Waals surface area contributed by atoms with Crippen LogP contribution in [0.1, 0.15) is 36.0 Å². The number of rotatable bonds is 4. The molecule has 0 unspecified atom stereocenters. The van der Waals surface area contributed by atoms with Crippen LogP contribution in [0.3, 0.4) is 0 Å². The maximum Gasteiger partial charge on any atom is 0.252 e. The summed E-state index contributed by atoms with van der Waals surface area (Å²) in [6.07, 6.45) is 6.36. The van der Waals surface area contributed by atoms with Gasteiger partial charge in [-0.3, -0.25) is 9.78 Å². The number of para-hydroxylation sites is 1. The topological polar surface area (TPSA) is 54.5 Å². The van der Waals surface area contributed by atoms with Crippen molar-refractivity contribution in [3.8, 4) is 0 Å². The van der Waals surface area contributed by atoms with Crippen LogP contribution in [-0.4, -0.2) is 54.7 Å². The fraction of sp³-hybridized carbons (Fsp3) is 0.524. The standard InChI is InChI=1S/C21H27N3O2/c25-21(19-5-10-22-20-4-2-1-3-18(19)20)23-15-16-6-11-24(12-7-16)17-8-13-26-14-9-17/h1-5,10,16-17H,6-9,11-15H2,(H,23,25). The first-order valence-corrected chi connectivity index (χ1v) is 9.75. The largest absolute Gasteiger partial charge is 0.381 e. The van der Waals surface area contributed by atoms with E-state index < -0.39 is 0 Å². The van der Waals surface area contributed by atoms with Crippen LogP contribution >= 0.6 is 0 Å². The lowest BCUT2D eigenvalue weighted by Gasteiger charge is -2.39. The van der Waals surface area contributed by atoms with Crippen molar-refractivity contribution in [2.45, 2.75) is 31.7 Å². The van der Waals surface area contributed by atoms with Gasteiger partial charge < -0.3 is 15.0 Å². The highest BCUT2D eigenvalue weighted by atomic mass is 16.5. The number of aromatic nitrogens is 1. The number of ether oxygens (including phenoxy) is 1. The lowest BCUT2D eigenvalue weighted by Crippen LogP contribution is -2.45. The van der Waals surface area contributed by atoms with Crippen LogP contribution in [0, 0.1) is 5.92 Å². The van der Waals surface area contributed by atoms with Gasteiger partial charge in [-0.25, -0.2) is 0 Å². The average molecular weight is 353 g/mol. The van der Waals surface area contributed by atoms with Gasteiger partial charge in [-0.2, -0.15) is 0 Å². The van der Waals surface area contributed by atoms with Gasteiger partial charge in [0.05, 0.1) is 11.1 Å². The molecular weight excluding hydrogens is 326 g/mol. The van der Waals surface area contributed by atoms with Crippen molar-refractivity contribution in [2.24, 2.45) is 5.92 Å². The van der Waals surface area contributed by atoms with Crippen molar-refractivity contribution in [3.63, 3.8) is 0 Å². The van der Waals surface area contributed by atoms with Gasteiger partial charge in [0.25, 0.3) is 5.91 Å². The van der Waals surface area contributed by atoms with Crippen LogP contribution in [0.5, 0.6) is 0 Å². The Balaban J connectivity index is 1.30. The summed E-state index contributed by atoms with van der Waals surface area (Å²) in [5.74, 6) is 0.582. The van der Waals surface area contributed by atoms with Crippen LogP contribution in [-0.2, 0) is 4.74 Å². The quantitative estimate of drug-likeness (QED) is 0.918. The van der Waals surface area contributed by atoms with Crippen LogP contribution in [0.25, 0.3) is 10.9 Å². The number of carbonyl (C=O) groups excluding carboxylic acids is 1. The molecule has 2 aliphatic rings. The number of likely N-dealkylation sites (tertiary alicyclic amines) is 1. The molecule has 0 spiro atoms. The van der Waals surface area contributed by atoms with E-state index in [0.29, 0.717) is 12.0 Å². The number of fused-ring (bicyclic) bond motifs is 1. The van der Waals surface area contributed by atoms with E-state index in [-0.39, 0.29) is 5.91 Å². The van der Waals surface area contributed by atoms with Gasteiger partial charge in [0, 0.05) is 37.4 Å². The minimum Gasteiger partial charge on any atom is -0.381 e. The number of nitrogens with zero attached hydrogens (tertiary/aromatic N) is 2. The molecule has 0 bridgehead atoms. The number of nitrogens with one attached hydrogen (secondary N) is 1. The molecule has 2 aliphatic heterocycles. The SMILES string of the molecule is O=C(NCC1CCN(C2CCOCC2)CC1)c1ccnc2ccccc12. The van der Waals surface area contributed by atoms with Crippen molar-refractivity contribution in [1.82, 2.24) is 15.2 Å². The third-order valence-electron chi connectivity index (χ3n) is 5.80. The zero-order chi connectivity index (χ0) is 17.8. The van der Waals surface area contributed by atoms with E-state index in [1.54, 1.807) is 6.20 Å². The Bertz CT molecular complexity index is 745. The summed E-state index contributed by atoms with van der Waals surface area (Å²) >= 11 is 0. The second-order valence-corrected chi connectivity index (χ2v) is 7.41. The van der Waals surface area contributed by atoms with E-state index in [4.69, 9.17) is 4.74 Å². The number of benzene rings is 1. The second-order valence-electron chi connectivity index (χ2n) is 7.41. The zero-order valence-electron chi connectivity index (χ0n) is 15.2. The summed E-state index contributed by atoms with van der Waals surface area (Å²) in [5, 5.41) is 4.07. The normalized spacial score (nSPS) is 20.3. The molecule has 26 heavy (non-hydrogen) atoms. The monoisotopic (exact) mass is 353 g/mol. The smallest absolute Gasteiger partial charge is 0.252 e. The van der Waals surface area contributed by atoms with Gasteiger partial charge in [0.15, 0.2) is 0 Å². The molecule has 0 radical (unpaired) electrons. The van der Waals surface area contributed by atoms with Crippen LogP contribution < -0.4 is 5.32 Å². The summed E-state index contributed by atoms with van der Waals surface area (Å²) in [6, 6.07) is 10.3. The molecule has 2 saturated heterocycles. The van der Waals surface area contributed by atoms with E-state index in [9.17, 15) is 4.79 Å². The molecule has 5 heteroatoms. The molecule has 0 aliphatic carbocycles. The Kier molecular flexibility index (Phi) is 5.46. The Labute approximate surface area is 154 Å². The lowest BCUT2D eigenvalue weighted by molar-refractivity contribution is 0.0211. The molecule has 3 heterocycles. The van der Waals surface area contributed by atoms with Gasteiger partial charge >= 0.3 is 0 Å². The molecule has 1 N–H and O–H groups in total. The summed E-state index contributed by atoms with van der Waals surface area (Å²) in [4.78, 5) is 19.6. The maximum absolute atomic E-state index is 12.6. The summed E-state index contributed by atoms with van der Waals surface area (Å²) in [7, 11) is 0. The number of pyridine rings is 1. The highest BCUT2D eigenvalue weighted by Crippen LogP contribution is 2.23. The number of amides is 1. The Morgan fingerprint density at radius 2 is 1.88 bits per heavy atom. The molecule has 1 aromatic heterocycles. The summed E-state index contributed by atoms with van der Waals surface area (Å²) in [5.41, 5.74) is 1.58. The van der Waals surface area contributed by atoms with E-state index in [1.165, 1.54) is 0 Å². The molecular formula is C21H27N3O2. The van der Waals surface area contributed by atoms with Crippen LogP contribution in [0.2, 0.25) is 0 Å². The lowest BCUT2D eigenvalue weighted by atomic mass is 9.94. The molecule has 2 aromatic rings. The molecule has 138 valence electrons. The Morgan fingerprint density at radius 3 is 2.69 bits per heavy atom. The third-order valence-corrected chi connectivity index (χ3v) is 5.80. The first kappa shape index (κ1) is 17.4. The molecule has 4 rings (SSSR count). The van der Waals surface area contributed by atoms with Gasteiger partial charge in [0.1, 0.15) is 0 Å². The van der Waals surface area contributed by atoms with Crippen LogP contribution in [0.4, 0.5) is 0 Å². The Hall–Kier alpha value is -1.98. The van der Waals surface area contributed by atoms with E-state index in [2.05, 4.69) is 15.2 Å². The van der Waals surface area contributed by atoms with Gasteiger partial charge in [-0.05, 0) is 56.8 Å². The Morgan fingerprint density at radius 1 is 1.12 bits per heavy atom. The maximum atomic E-state index is 12.6. The number of hydrogen-bond acceptors (Lipinski definition) is 4. The molecule has 2 fully saturated rings. The van der Waals surface area contributed by atoms with E-state index in [0.717, 1.165) is 75.0 Å². The number of hydrogen-bond donors (Lipinski definition) is 1. The fourth-order valence-corrected chi connectivity index (χ4v) is 4.20. The first-order valence-electron chi connectivity index (χ1n) is 9.75. The average Bonchev–Trinajstić information content (AvgIpc) is 2.72. The number of carbonyl (C=O) groups is 1. The van der Waals surface area contributed by atoms with E-state index >= 15 is 0 Å². The van der Waals surface area contributed by atoms with Gasteiger partial charge in [-0.1, -0.05) is 18.2 Å². The van der Waals surface area contributed by atoms with Crippen molar-refractivity contribution in [2.75, 3.05) is 32.8 Å². The van der Waals surface area contributed by atoms with Crippen molar-refractivity contribution in [3.05, 3.63) is 42.1 Å². The predicted molar refractivity (Wildman–Crippen MR) is 102 cm³/mol. The minimum absolute atomic E-state index is 0.00968. The zero-order valence-corrected chi connectivity index (χ0v) is 15.2. The first-order chi connectivity index (χ1) is 12.8. The highest BCUT2D eigenvalue weighted by Gasteiger charge is 2.26. The molecule has 1 aromatic carbocycles. The van der Waals surface area contributed by atoms with Gasteiger partial charge in [-0.15, -0.1) is 0 Å². The van der Waals surface area contributed by atoms with Crippen molar-refractivity contribution < 1.29 is 9.53 Å². The van der Waals surface area contributed by atoms with Crippen molar-refractivity contribution >= 4 is 16.8 Å². The minimum atomic E-state index is 0.00968. The third kappa shape index (κ3) is 3.89. The van der Waals surface area contributed by atoms with Crippen molar-refractivity contribution in [1.29, 1.82) is 0 Å². The van der Waals surface area contributed by atoms with E-state index in [1.807, 2.05) is 30.3 Å². The molecule has 0 saturated carbocycles. The fourth-order valence-electron chi connectivity index (χ4n) is 4.20. The molecule has 0 atom stereocenters. The van der Waals surface area contributed by atoms with Gasteiger partial charge in [0.2, 0.25) is 0 Å². The number of piperidine rings is 1. The molecule has 5 nitrogen and oxygen atoms in total. The summed E-state index contributed by atoms with van der Waals surface area (Å²) in [6.45, 7) is 4.85. The summed E-state index contributed by atoms with van der Waals surface area (Å²) < 4.78 is 5.47. The predicted octanol–water partition coefficient (Wildman–Crippen LogP) is 2.86.